The summed E-state index contributed by atoms with van der Waals surface area (Å²) in [5.74, 6) is -0.225. The van der Waals surface area contributed by atoms with E-state index in [9.17, 15) is 14.4 Å². The molecule has 2 heterocycles. The Hall–Kier alpha value is -4.33. The van der Waals surface area contributed by atoms with Crippen molar-refractivity contribution in [3.8, 4) is 5.75 Å². The Morgan fingerprint density at radius 3 is 2.53 bits per heavy atom. The number of hydrogen-bond acceptors (Lipinski definition) is 4. The molecule has 1 aromatic heterocycles. The molecule has 0 saturated heterocycles. The van der Waals surface area contributed by atoms with Gasteiger partial charge < -0.3 is 20.4 Å². The number of H-pyrrole nitrogens is 1. The van der Waals surface area contributed by atoms with E-state index in [0.717, 1.165) is 5.69 Å². The number of carbonyl (C=O) groups excluding carboxylic acids is 3. The van der Waals surface area contributed by atoms with Crippen molar-refractivity contribution >= 4 is 40.9 Å². The fourth-order valence-corrected chi connectivity index (χ4v) is 3.15. The molecule has 4 rings (SSSR count). The molecule has 3 aromatic rings. The summed E-state index contributed by atoms with van der Waals surface area (Å²) < 4.78 is 5.06. The maximum absolute atomic E-state index is 12.4. The van der Waals surface area contributed by atoms with Crippen LogP contribution in [0.25, 0.3) is 11.6 Å². The highest BCUT2D eigenvalue weighted by molar-refractivity contribution is 6.36. The monoisotopic (exact) mass is 402 g/mol. The van der Waals surface area contributed by atoms with Gasteiger partial charge in [0.25, 0.3) is 11.8 Å². The number of ether oxygens (including phenoxy) is 1. The largest absolute Gasteiger partial charge is 0.497 e. The number of anilines is 2. The summed E-state index contributed by atoms with van der Waals surface area (Å²) in [7, 11) is 1.53. The van der Waals surface area contributed by atoms with Gasteiger partial charge in [0.1, 0.15) is 5.75 Å². The highest BCUT2D eigenvalue weighted by Crippen LogP contribution is 2.38. The van der Waals surface area contributed by atoms with Gasteiger partial charge in [-0.3, -0.25) is 14.9 Å². The zero-order valence-corrected chi connectivity index (χ0v) is 16.0. The lowest BCUT2D eigenvalue weighted by atomic mass is 10.0. The third kappa shape index (κ3) is 3.79. The third-order valence-electron chi connectivity index (χ3n) is 4.58. The highest BCUT2D eigenvalue weighted by atomic mass is 16.5. The fraction of sp³-hybridized carbons (Fsp3) is 0.0455. The van der Waals surface area contributed by atoms with Crippen LogP contribution in [-0.2, 0) is 4.79 Å². The van der Waals surface area contributed by atoms with Gasteiger partial charge in [-0.25, -0.2) is 4.79 Å². The van der Waals surface area contributed by atoms with E-state index >= 15 is 0 Å². The molecule has 1 aliphatic rings. The number of aromatic nitrogens is 1. The van der Waals surface area contributed by atoms with Gasteiger partial charge in [-0.2, -0.15) is 0 Å². The van der Waals surface area contributed by atoms with Crippen LogP contribution in [0.3, 0.4) is 0 Å². The van der Waals surface area contributed by atoms with Crippen molar-refractivity contribution in [1.29, 1.82) is 0 Å². The van der Waals surface area contributed by atoms with Gasteiger partial charge >= 0.3 is 6.03 Å². The molecule has 0 fully saturated rings. The van der Waals surface area contributed by atoms with Crippen LogP contribution in [0.15, 0.2) is 60.8 Å². The summed E-state index contributed by atoms with van der Waals surface area (Å²) in [5, 5.41) is 7.72. The molecule has 0 atom stereocenters. The van der Waals surface area contributed by atoms with Crippen molar-refractivity contribution in [2.75, 3.05) is 17.7 Å². The zero-order valence-electron chi connectivity index (χ0n) is 16.0. The summed E-state index contributed by atoms with van der Waals surface area (Å²) >= 11 is 0. The molecule has 0 saturated carbocycles. The van der Waals surface area contributed by atoms with Crippen molar-refractivity contribution < 1.29 is 19.1 Å². The van der Waals surface area contributed by atoms with Gasteiger partial charge in [-0.15, -0.1) is 0 Å². The van der Waals surface area contributed by atoms with Crippen LogP contribution >= 0.6 is 0 Å². The second kappa shape index (κ2) is 7.96. The first-order valence-corrected chi connectivity index (χ1v) is 9.11. The topological polar surface area (TPSA) is 112 Å². The maximum atomic E-state index is 12.4. The molecule has 30 heavy (non-hydrogen) atoms. The number of hydrogen-bond donors (Lipinski definition) is 4. The maximum Gasteiger partial charge on any atom is 0.326 e. The average Bonchev–Trinajstić information content (AvgIpc) is 3.36. The number of fused-ring (bicyclic) bond motifs is 1. The van der Waals surface area contributed by atoms with E-state index in [1.54, 1.807) is 54.7 Å². The number of amides is 4. The number of benzene rings is 2. The summed E-state index contributed by atoms with van der Waals surface area (Å²) in [6, 6.07) is 14.4. The third-order valence-corrected chi connectivity index (χ3v) is 4.58. The molecular weight excluding hydrogens is 384 g/mol. The van der Waals surface area contributed by atoms with Crippen LogP contribution in [0.5, 0.6) is 5.75 Å². The molecule has 8 nitrogen and oxygen atoms in total. The Bertz CT molecular complexity index is 1150. The van der Waals surface area contributed by atoms with Crippen LogP contribution in [-0.4, -0.2) is 29.9 Å². The molecule has 1 aliphatic heterocycles. The lowest BCUT2D eigenvalue weighted by Crippen LogP contribution is -2.34. The Labute approximate surface area is 171 Å². The molecule has 0 unspecified atom stereocenters. The van der Waals surface area contributed by atoms with Gasteiger partial charge in [0, 0.05) is 23.0 Å². The Morgan fingerprint density at radius 1 is 1.03 bits per heavy atom. The lowest BCUT2D eigenvalue weighted by molar-refractivity contribution is -0.110. The normalized spacial score (nSPS) is 13.5. The van der Waals surface area contributed by atoms with Crippen LogP contribution in [0.1, 0.15) is 21.6 Å². The predicted molar refractivity (Wildman–Crippen MR) is 113 cm³/mol. The van der Waals surface area contributed by atoms with Crippen molar-refractivity contribution in [3.63, 3.8) is 0 Å². The molecule has 2 aromatic carbocycles. The number of imide groups is 1. The first-order valence-electron chi connectivity index (χ1n) is 9.11. The van der Waals surface area contributed by atoms with E-state index in [1.165, 1.54) is 7.11 Å². The second-order valence-electron chi connectivity index (χ2n) is 6.50. The van der Waals surface area contributed by atoms with E-state index in [0.29, 0.717) is 33.8 Å². The van der Waals surface area contributed by atoms with Crippen LogP contribution in [0, 0.1) is 0 Å². The van der Waals surface area contributed by atoms with E-state index in [1.807, 2.05) is 12.1 Å². The van der Waals surface area contributed by atoms with Gasteiger partial charge in [-0.1, -0.05) is 6.07 Å². The van der Waals surface area contributed by atoms with Gasteiger partial charge in [0.2, 0.25) is 0 Å². The molecule has 0 bridgehead atoms. The Morgan fingerprint density at radius 2 is 1.83 bits per heavy atom. The van der Waals surface area contributed by atoms with E-state index in [4.69, 9.17) is 4.74 Å². The summed E-state index contributed by atoms with van der Waals surface area (Å²) in [6.07, 6.45) is 3.45. The molecule has 0 aliphatic carbocycles. The van der Waals surface area contributed by atoms with Gasteiger partial charge in [0.15, 0.2) is 0 Å². The van der Waals surface area contributed by atoms with Crippen molar-refractivity contribution in [3.05, 3.63) is 77.6 Å². The SMILES string of the molecule is COc1ccc(C(=O)NC(=O)Nc2cccc3c2C(=Cc2ccc[nH]2)C(=O)N3)cc1. The van der Waals surface area contributed by atoms with Gasteiger partial charge in [0.05, 0.1) is 24.1 Å². The van der Waals surface area contributed by atoms with Crippen molar-refractivity contribution in [2.45, 2.75) is 0 Å². The Balaban J connectivity index is 1.54. The van der Waals surface area contributed by atoms with E-state index in [2.05, 4.69) is 20.9 Å². The minimum Gasteiger partial charge on any atom is -0.497 e. The molecule has 4 N–H and O–H groups in total. The highest BCUT2D eigenvalue weighted by Gasteiger charge is 2.27. The number of rotatable bonds is 4. The van der Waals surface area contributed by atoms with Crippen LogP contribution in [0.4, 0.5) is 16.2 Å². The van der Waals surface area contributed by atoms with Gasteiger partial charge in [-0.05, 0) is 54.6 Å². The number of aromatic amines is 1. The number of methoxy groups -OCH3 is 1. The minimum absolute atomic E-state index is 0.274. The number of carbonyl (C=O) groups is 3. The summed E-state index contributed by atoms with van der Waals surface area (Å²) in [6.45, 7) is 0. The molecule has 0 spiro atoms. The molecular formula is C22H18N4O4. The minimum atomic E-state index is -0.706. The number of urea groups is 1. The molecule has 4 amide bonds. The zero-order chi connectivity index (χ0) is 21.1. The molecule has 150 valence electrons. The first kappa shape index (κ1) is 19.0. The van der Waals surface area contributed by atoms with Crippen molar-refractivity contribution in [2.24, 2.45) is 0 Å². The smallest absolute Gasteiger partial charge is 0.326 e. The molecule has 8 heteroatoms. The van der Waals surface area contributed by atoms with Crippen LogP contribution < -0.4 is 20.7 Å². The summed E-state index contributed by atoms with van der Waals surface area (Å²) in [5.41, 5.74) is 3.02. The van der Waals surface area contributed by atoms with Crippen molar-refractivity contribution in [1.82, 2.24) is 10.3 Å². The average molecular weight is 402 g/mol. The summed E-state index contributed by atoms with van der Waals surface area (Å²) in [4.78, 5) is 40.2. The van der Waals surface area contributed by atoms with E-state index < -0.39 is 11.9 Å². The number of nitrogens with one attached hydrogen (secondary N) is 4. The molecule has 0 radical (unpaired) electrons. The Kier molecular flexibility index (Phi) is 5.04. The van der Waals surface area contributed by atoms with Crippen LogP contribution in [0.2, 0.25) is 0 Å². The second-order valence-corrected chi connectivity index (χ2v) is 6.50. The quantitative estimate of drug-likeness (QED) is 0.501. The van der Waals surface area contributed by atoms with E-state index in [-0.39, 0.29) is 5.91 Å². The fourth-order valence-electron chi connectivity index (χ4n) is 3.15. The first-order chi connectivity index (χ1) is 14.5. The predicted octanol–water partition coefficient (Wildman–Crippen LogP) is 3.48. The standard InChI is InChI=1S/C22H18N4O4/c1-30-15-9-7-13(8-10-15)20(27)26-22(29)25-18-6-2-5-17-19(18)16(21(28)24-17)12-14-4-3-11-23-14/h2-12,23H,1H3,(H,24,28)(H2,25,26,27,29). The lowest BCUT2D eigenvalue weighted by Gasteiger charge is -2.11.